The van der Waals surface area contributed by atoms with Crippen LogP contribution in [0.4, 0.5) is 0 Å². The number of halogens is 1. The monoisotopic (exact) mass is 255 g/mol. The van der Waals surface area contributed by atoms with Gasteiger partial charge in [-0.15, -0.1) is 0 Å². The number of Topliss-reactive ketones (excluding diaryl/α,β-unsaturated/α-hetero) is 1. The molecule has 76 valence electrons. The predicted octanol–water partition coefficient (Wildman–Crippen LogP) is 2.17. The Morgan fingerprint density at radius 2 is 2.00 bits per heavy atom. The average molecular weight is 256 g/mol. The van der Waals surface area contributed by atoms with Gasteiger partial charge in [0.25, 0.3) is 0 Å². The Bertz CT molecular complexity index is 295. The lowest BCUT2D eigenvalue weighted by molar-refractivity contribution is -0.118. The molecule has 1 rings (SSSR count). The number of likely N-dealkylation sites (N-methyl/N-ethyl adjacent to an activating group) is 1. The van der Waals surface area contributed by atoms with Crippen LogP contribution in [0.3, 0.4) is 0 Å². The van der Waals surface area contributed by atoms with Gasteiger partial charge in [0.05, 0.1) is 6.54 Å². The van der Waals surface area contributed by atoms with Crippen LogP contribution >= 0.6 is 15.9 Å². The number of hydrogen-bond acceptors (Lipinski definition) is 2. The summed E-state index contributed by atoms with van der Waals surface area (Å²) in [6.07, 6.45) is 1.44. The molecule has 2 nitrogen and oxygen atoms in total. The molecule has 0 spiro atoms. The van der Waals surface area contributed by atoms with Crippen molar-refractivity contribution in [2.24, 2.45) is 0 Å². The Hall–Kier alpha value is -0.670. The molecule has 14 heavy (non-hydrogen) atoms. The lowest BCUT2D eigenvalue weighted by Crippen LogP contribution is -2.18. The highest BCUT2D eigenvalue weighted by Crippen LogP contribution is 2.11. The highest BCUT2D eigenvalue weighted by molar-refractivity contribution is 9.10. The lowest BCUT2D eigenvalue weighted by Gasteiger charge is -2.01. The number of carbonyl (C=O) groups is 1. The largest absolute Gasteiger partial charge is 0.313 e. The van der Waals surface area contributed by atoms with E-state index in [0.717, 1.165) is 10.9 Å². The van der Waals surface area contributed by atoms with E-state index >= 15 is 0 Å². The molecule has 0 aliphatic carbocycles. The van der Waals surface area contributed by atoms with Crippen molar-refractivity contribution < 1.29 is 4.79 Å². The van der Waals surface area contributed by atoms with Crippen LogP contribution in [-0.4, -0.2) is 19.4 Å². The van der Waals surface area contributed by atoms with Gasteiger partial charge in [-0.3, -0.25) is 4.79 Å². The first kappa shape index (κ1) is 11.4. The average Bonchev–Trinajstić information content (AvgIpc) is 2.17. The van der Waals surface area contributed by atoms with Crippen LogP contribution in [0.25, 0.3) is 0 Å². The number of rotatable bonds is 5. The number of carbonyl (C=O) groups excluding carboxylic acids is 1. The summed E-state index contributed by atoms with van der Waals surface area (Å²) < 4.78 is 1.07. The van der Waals surface area contributed by atoms with Gasteiger partial charge in [-0.2, -0.15) is 0 Å². The summed E-state index contributed by atoms with van der Waals surface area (Å²) in [5.41, 5.74) is 1.21. The molecule has 0 heterocycles. The molecule has 0 unspecified atom stereocenters. The smallest absolute Gasteiger partial charge is 0.146 e. The zero-order chi connectivity index (χ0) is 10.4. The fourth-order valence-electron chi connectivity index (χ4n) is 1.22. The third kappa shape index (κ3) is 4.03. The molecular weight excluding hydrogens is 242 g/mol. The van der Waals surface area contributed by atoms with Crippen LogP contribution in [0.1, 0.15) is 12.0 Å². The maximum absolute atomic E-state index is 11.2. The summed E-state index contributed by atoms with van der Waals surface area (Å²) >= 11 is 3.37. The summed E-state index contributed by atoms with van der Waals surface area (Å²) in [5, 5.41) is 2.86. The molecule has 0 fully saturated rings. The minimum Gasteiger partial charge on any atom is -0.313 e. The molecule has 0 atom stereocenters. The van der Waals surface area contributed by atoms with Crippen molar-refractivity contribution in [2.45, 2.75) is 12.8 Å². The highest BCUT2D eigenvalue weighted by atomic mass is 79.9. The molecule has 0 amide bonds. The van der Waals surface area contributed by atoms with Crippen molar-refractivity contribution in [2.75, 3.05) is 13.6 Å². The second kappa shape index (κ2) is 5.94. The van der Waals surface area contributed by atoms with E-state index in [1.54, 1.807) is 7.05 Å². The van der Waals surface area contributed by atoms with Crippen LogP contribution in [0.2, 0.25) is 0 Å². The van der Waals surface area contributed by atoms with Crippen LogP contribution in [-0.2, 0) is 11.2 Å². The topological polar surface area (TPSA) is 29.1 Å². The Labute approximate surface area is 92.8 Å². The molecule has 0 aromatic heterocycles. The van der Waals surface area contributed by atoms with Crippen LogP contribution < -0.4 is 5.32 Å². The fourth-order valence-corrected chi connectivity index (χ4v) is 1.48. The van der Waals surface area contributed by atoms with Gasteiger partial charge >= 0.3 is 0 Å². The first-order valence-electron chi connectivity index (χ1n) is 4.63. The normalized spacial score (nSPS) is 10.1. The molecule has 0 saturated carbocycles. The van der Waals surface area contributed by atoms with E-state index < -0.39 is 0 Å². The Balaban J connectivity index is 2.38. The van der Waals surface area contributed by atoms with Gasteiger partial charge in [0.15, 0.2) is 0 Å². The van der Waals surface area contributed by atoms with E-state index in [9.17, 15) is 4.79 Å². The Morgan fingerprint density at radius 1 is 1.36 bits per heavy atom. The summed E-state index contributed by atoms with van der Waals surface area (Å²) in [6.45, 7) is 0.469. The maximum Gasteiger partial charge on any atom is 0.146 e. The molecule has 3 heteroatoms. The van der Waals surface area contributed by atoms with E-state index in [0.29, 0.717) is 13.0 Å². The minimum atomic E-state index is 0.260. The van der Waals surface area contributed by atoms with Crippen molar-refractivity contribution in [3.05, 3.63) is 34.3 Å². The number of hydrogen-bond donors (Lipinski definition) is 1. The molecule has 1 N–H and O–H groups in total. The van der Waals surface area contributed by atoms with Gasteiger partial charge < -0.3 is 5.32 Å². The number of aryl methyl sites for hydroxylation is 1. The fraction of sp³-hybridized carbons (Fsp3) is 0.364. The zero-order valence-corrected chi connectivity index (χ0v) is 9.80. The first-order valence-corrected chi connectivity index (χ1v) is 5.42. The van der Waals surface area contributed by atoms with Crippen molar-refractivity contribution in [1.82, 2.24) is 5.32 Å². The van der Waals surface area contributed by atoms with E-state index in [1.165, 1.54) is 5.56 Å². The van der Waals surface area contributed by atoms with E-state index in [-0.39, 0.29) is 5.78 Å². The second-order valence-electron chi connectivity index (χ2n) is 3.20. The highest BCUT2D eigenvalue weighted by Gasteiger charge is 2.00. The molecule has 0 aliphatic rings. The second-order valence-corrected chi connectivity index (χ2v) is 4.11. The van der Waals surface area contributed by atoms with Gasteiger partial charge in [0.1, 0.15) is 5.78 Å². The van der Waals surface area contributed by atoms with Gasteiger partial charge in [-0.05, 0) is 31.2 Å². The van der Waals surface area contributed by atoms with Crippen LogP contribution in [0.15, 0.2) is 28.7 Å². The van der Waals surface area contributed by atoms with Gasteiger partial charge in [0.2, 0.25) is 0 Å². The Morgan fingerprint density at radius 3 is 2.57 bits per heavy atom. The van der Waals surface area contributed by atoms with Gasteiger partial charge in [-0.1, -0.05) is 28.1 Å². The molecular formula is C11H14BrNO. The SMILES string of the molecule is CNCC(=O)CCc1ccc(Br)cc1. The molecule has 0 bridgehead atoms. The van der Waals surface area contributed by atoms with E-state index in [1.807, 2.05) is 24.3 Å². The molecule has 1 aromatic carbocycles. The lowest BCUT2D eigenvalue weighted by atomic mass is 10.1. The Kier molecular flexibility index (Phi) is 4.84. The van der Waals surface area contributed by atoms with E-state index in [4.69, 9.17) is 0 Å². The summed E-state index contributed by atoms with van der Waals surface area (Å²) in [6, 6.07) is 8.07. The molecule has 0 saturated heterocycles. The third-order valence-corrected chi connectivity index (χ3v) is 2.51. The summed E-state index contributed by atoms with van der Waals surface area (Å²) in [7, 11) is 1.79. The van der Waals surface area contributed by atoms with Crippen LogP contribution in [0, 0.1) is 0 Å². The quantitative estimate of drug-likeness (QED) is 0.874. The third-order valence-electron chi connectivity index (χ3n) is 1.98. The molecule has 0 radical (unpaired) electrons. The van der Waals surface area contributed by atoms with Gasteiger partial charge in [-0.25, -0.2) is 0 Å². The molecule has 1 aromatic rings. The van der Waals surface area contributed by atoms with Crippen molar-refractivity contribution >= 4 is 21.7 Å². The number of benzene rings is 1. The maximum atomic E-state index is 11.2. The van der Waals surface area contributed by atoms with Crippen molar-refractivity contribution in [3.8, 4) is 0 Å². The van der Waals surface area contributed by atoms with E-state index in [2.05, 4.69) is 21.2 Å². The number of ketones is 1. The number of nitrogens with one attached hydrogen (secondary N) is 1. The minimum absolute atomic E-state index is 0.260. The standard InChI is InChI=1S/C11H14BrNO/c1-13-8-11(14)7-4-9-2-5-10(12)6-3-9/h2-3,5-6,13H,4,7-8H2,1H3. The zero-order valence-electron chi connectivity index (χ0n) is 8.22. The van der Waals surface area contributed by atoms with Crippen molar-refractivity contribution in [3.63, 3.8) is 0 Å². The molecule has 0 aliphatic heterocycles. The summed E-state index contributed by atoms with van der Waals surface area (Å²) in [4.78, 5) is 11.2. The van der Waals surface area contributed by atoms with Gasteiger partial charge in [0, 0.05) is 10.9 Å². The first-order chi connectivity index (χ1) is 6.72. The summed E-state index contributed by atoms with van der Waals surface area (Å²) in [5.74, 6) is 0.260. The van der Waals surface area contributed by atoms with Crippen LogP contribution in [0.5, 0.6) is 0 Å². The van der Waals surface area contributed by atoms with Crippen molar-refractivity contribution in [1.29, 1.82) is 0 Å². The predicted molar refractivity (Wildman–Crippen MR) is 61.4 cm³/mol.